The number of rotatable bonds is 0. The molecule has 2 rings (SSSR count). The Labute approximate surface area is 81.0 Å². The van der Waals surface area contributed by atoms with Crippen LogP contribution in [0.2, 0.25) is 0 Å². The van der Waals surface area contributed by atoms with Crippen molar-refractivity contribution in [2.45, 2.75) is 0 Å². The average Bonchev–Trinajstić information content (AvgIpc) is 2.04. The van der Waals surface area contributed by atoms with Crippen molar-refractivity contribution in [2.75, 3.05) is 5.73 Å². The number of nitrogen functional groups attached to an aromatic ring is 1. The lowest BCUT2D eigenvalue weighted by Gasteiger charge is -1.98. The summed E-state index contributed by atoms with van der Waals surface area (Å²) in [6, 6.07) is 8.64. The number of halogens is 1. The number of fused-ring (bicyclic) bond motifs is 1. The van der Waals surface area contributed by atoms with E-state index in [0.717, 1.165) is 10.9 Å². The highest BCUT2D eigenvalue weighted by Crippen LogP contribution is 2.16. The maximum Gasteiger partial charge on any atom is 0.248 e. The highest BCUT2D eigenvalue weighted by atomic mass is 35.5. The van der Waals surface area contributed by atoms with Crippen LogP contribution in [0, 0.1) is 0 Å². The summed E-state index contributed by atoms with van der Waals surface area (Å²) >= 11 is 0. The van der Waals surface area contributed by atoms with Gasteiger partial charge in [-0.1, -0.05) is 6.07 Å². The van der Waals surface area contributed by atoms with Gasteiger partial charge in [0, 0.05) is 17.1 Å². The number of hydrogen-bond acceptors (Lipinski definition) is 2. The highest BCUT2D eigenvalue weighted by molar-refractivity contribution is 5.89. The van der Waals surface area contributed by atoms with Gasteiger partial charge in [-0.2, -0.15) is 0 Å². The largest absolute Gasteiger partial charge is 0.398 e. The number of nitrogens with two attached hydrogens (primary N) is 1. The van der Waals surface area contributed by atoms with Crippen LogP contribution in [0.5, 0.6) is 0 Å². The molecule has 0 saturated heterocycles. The molecule has 2 aromatic rings. The Morgan fingerprint density at radius 1 is 1.15 bits per heavy atom. The molecule has 0 saturated carbocycles. The number of aromatic amines is 1. The molecule has 0 unspecified atom stereocenters. The first kappa shape index (κ1) is 9.61. The average molecular weight is 197 g/mol. The second-order valence-corrected chi connectivity index (χ2v) is 2.63. The lowest BCUT2D eigenvalue weighted by atomic mass is 10.2. The number of anilines is 1. The molecule has 0 atom stereocenters. The first-order chi connectivity index (χ1) is 5.77. The van der Waals surface area contributed by atoms with Crippen molar-refractivity contribution in [1.29, 1.82) is 0 Å². The summed E-state index contributed by atoms with van der Waals surface area (Å²) in [4.78, 5) is 13.6. The number of aromatic nitrogens is 1. The summed E-state index contributed by atoms with van der Waals surface area (Å²) in [7, 11) is 0. The van der Waals surface area contributed by atoms with Crippen LogP contribution in [-0.2, 0) is 0 Å². The minimum Gasteiger partial charge on any atom is -0.398 e. The molecule has 0 aliphatic carbocycles. The predicted octanol–water partition coefficient (Wildman–Crippen LogP) is 1.53. The molecule has 68 valence electrons. The zero-order valence-electron chi connectivity index (χ0n) is 6.78. The second kappa shape index (κ2) is 3.49. The Bertz CT molecular complexity index is 478. The number of pyridine rings is 1. The van der Waals surface area contributed by atoms with E-state index in [0.29, 0.717) is 5.69 Å². The fourth-order valence-corrected chi connectivity index (χ4v) is 1.21. The Morgan fingerprint density at radius 2 is 1.92 bits per heavy atom. The molecule has 13 heavy (non-hydrogen) atoms. The zero-order chi connectivity index (χ0) is 8.55. The topological polar surface area (TPSA) is 58.9 Å². The van der Waals surface area contributed by atoms with E-state index in [1.54, 1.807) is 12.1 Å². The van der Waals surface area contributed by atoms with E-state index in [2.05, 4.69) is 4.98 Å². The lowest BCUT2D eigenvalue weighted by molar-refractivity contribution is 1.31. The number of benzene rings is 1. The third-order valence-corrected chi connectivity index (χ3v) is 1.80. The van der Waals surface area contributed by atoms with Crippen molar-refractivity contribution < 1.29 is 0 Å². The van der Waals surface area contributed by atoms with Gasteiger partial charge in [0.1, 0.15) is 0 Å². The van der Waals surface area contributed by atoms with Crippen molar-refractivity contribution in [3.05, 3.63) is 40.7 Å². The Kier molecular flexibility index (Phi) is 2.58. The zero-order valence-corrected chi connectivity index (χ0v) is 7.60. The molecule has 1 heterocycles. The molecule has 3 nitrogen and oxygen atoms in total. The molecular weight excluding hydrogens is 188 g/mol. The molecule has 0 aliphatic rings. The van der Waals surface area contributed by atoms with Gasteiger partial charge in [-0.15, -0.1) is 12.4 Å². The molecule has 0 spiro atoms. The third-order valence-electron chi connectivity index (χ3n) is 1.80. The molecule has 0 fully saturated rings. The number of nitrogens with one attached hydrogen (secondary N) is 1. The lowest BCUT2D eigenvalue weighted by Crippen LogP contribution is -2.02. The van der Waals surface area contributed by atoms with Crippen LogP contribution in [0.4, 0.5) is 5.69 Å². The van der Waals surface area contributed by atoms with Gasteiger partial charge in [-0.05, 0) is 18.2 Å². The van der Waals surface area contributed by atoms with E-state index >= 15 is 0 Å². The monoisotopic (exact) mass is 196 g/mol. The van der Waals surface area contributed by atoms with Gasteiger partial charge >= 0.3 is 0 Å². The van der Waals surface area contributed by atoms with Gasteiger partial charge in [0.15, 0.2) is 0 Å². The van der Waals surface area contributed by atoms with E-state index in [9.17, 15) is 4.79 Å². The van der Waals surface area contributed by atoms with Gasteiger partial charge < -0.3 is 10.7 Å². The van der Waals surface area contributed by atoms with Gasteiger partial charge in [0.25, 0.3) is 0 Å². The van der Waals surface area contributed by atoms with E-state index in [4.69, 9.17) is 5.73 Å². The predicted molar refractivity (Wildman–Crippen MR) is 56.2 cm³/mol. The van der Waals surface area contributed by atoms with E-state index in [1.807, 2.05) is 12.1 Å². The van der Waals surface area contributed by atoms with E-state index < -0.39 is 0 Å². The molecule has 1 aromatic carbocycles. The first-order valence-corrected chi connectivity index (χ1v) is 3.65. The summed E-state index contributed by atoms with van der Waals surface area (Å²) in [5, 5.41) is 0.886. The molecule has 4 heteroatoms. The fourth-order valence-electron chi connectivity index (χ4n) is 1.21. The Hall–Kier alpha value is -1.48. The van der Waals surface area contributed by atoms with Crippen LogP contribution in [0.1, 0.15) is 0 Å². The van der Waals surface area contributed by atoms with Crippen molar-refractivity contribution in [3.63, 3.8) is 0 Å². The van der Waals surface area contributed by atoms with Crippen molar-refractivity contribution in [1.82, 2.24) is 4.98 Å². The van der Waals surface area contributed by atoms with Crippen LogP contribution in [0.25, 0.3) is 10.9 Å². The summed E-state index contributed by atoms with van der Waals surface area (Å²) in [5.74, 6) is 0. The second-order valence-electron chi connectivity index (χ2n) is 2.63. The molecule has 3 N–H and O–H groups in total. The summed E-state index contributed by atoms with van der Waals surface area (Å²) in [6.45, 7) is 0. The maximum absolute atomic E-state index is 10.9. The summed E-state index contributed by atoms with van der Waals surface area (Å²) in [6.07, 6.45) is 0. The van der Waals surface area contributed by atoms with E-state index in [-0.39, 0.29) is 18.0 Å². The molecule has 0 bridgehead atoms. The molecule has 0 amide bonds. The molecular formula is C9H9ClN2O. The van der Waals surface area contributed by atoms with Crippen molar-refractivity contribution in [3.8, 4) is 0 Å². The van der Waals surface area contributed by atoms with Crippen LogP contribution in [0.3, 0.4) is 0 Å². The standard InChI is InChI=1S/C9H8N2O.ClH/c10-7-2-1-3-8-6(7)4-5-9(12)11-8;/h1-5H,10H2,(H,11,12);1H. The summed E-state index contributed by atoms with van der Waals surface area (Å²) < 4.78 is 0. The smallest absolute Gasteiger partial charge is 0.248 e. The van der Waals surface area contributed by atoms with Crippen LogP contribution < -0.4 is 11.3 Å². The minimum absolute atomic E-state index is 0. The third kappa shape index (κ3) is 1.65. The number of hydrogen-bond donors (Lipinski definition) is 2. The maximum atomic E-state index is 10.9. The van der Waals surface area contributed by atoms with Gasteiger partial charge in [0.05, 0.1) is 5.52 Å². The molecule has 0 radical (unpaired) electrons. The quantitative estimate of drug-likeness (QED) is 0.628. The number of H-pyrrole nitrogens is 1. The highest BCUT2D eigenvalue weighted by Gasteiger charge is 1.95. The summed E-state index contributed by atoms with van der Waals surface area (Å²) in [5.41, 5.74) is 7.04. The minimum atomic E-state index is -0.104. The van der Waals surface area contributed by atoms with Gasteiger partial charge in [0.2, 0.25) is 5.56 Å². The van der Waals surface area contributed by atoms with Crippen molar-refractivity contribution in [2.24, 2.45) is 0 Å². The van der Waals surface area contributed by atoms with E-state index in [1.165, 1.54) is 6.07 Å². The normalized spacial score (nSPS) is 9.54. The van der Waals surface area contributed by atoms with Crippen molar-refractivity contribution >= 4 is 29.0 Å². The molecule has 1 aromatic heterocycles. The first-order valence-electron chi connectivity index (χ1n) is 3.65. The SMILES string of the molecule is Cl.Nc1cccc2[nH]c(=O)ccc12. The van der Waals surface area contributed by atoms with Gasteiger partial charge in [-0.3, -0.25) is 4.79 Å². The Morgan fingerprint density at radius 3 is 2.69 bits per heavy atom. The van der Waals surface area contributed by atoms with Crippen LogP contribution in [0.15, 0.2) is 35.1 Å². The molecule has 0 aliphatic heterocycles. The van der Waals surface area contributed by atoms with Gasteiger partial charge in [-0.25, -0.2) is 0 Å². The Balaban J connectivity index is 0.000000845. The fraction of sp³-hybridized carbons (Fsp3) is 0. The van der Waals surface area contributed by atoms with Crippen LogP contribution in [-0.4, -0.2) is 4.98 Å². The van der Waals surface area contributed by atoms with Crippen LogP contribution >= 0.6 is 12.4 Å².